The fraction of sp³-hybridized carbons (Fsp3) is 0.222. The van der Waals surface area contributed by atoms with Crippen molar-refractivity contribution in [1.29, 1.82) is 0 Å². The van der Waals surface area contributed by atoms with Gasteiger partial charge in [-0.25, -0.2) is 0 Å². The maximum Gasteiger partial charge on any atom is 0.106 e. The van der Waals surface area contributed by atoms with Crippen LogP contribution in [0.15, 0.2) is 58.4 Å². The van der Waals surface area contributed by atoms with Gasteiger partial charge in [-0.05, 0) is 30.3 Å². The summed E-state index contributed by atoms with van der Waals surface area (Å²) in [6.45, 7) is 0.248. The highest BCUT2D eigenvalue weighted by Gasteiger charge is 2.23. The molecule has 4 nitrogen and oxygen atoms in total. The van der Waals surface area contributed by atoms with Gasteiger partial charge in [0.15, 0.2) is 0 Å². The van der Waals surface area contributed by atoms with Crippen molar-refractivity contribution in [1.82, 2.24) is 0 Å². The zero-order valence-electron chi connectivity index (χ0n) is 14.0. The second kappa shape index (κ2) is 9.39. The first-order valence-electron chi connectivity index (χ1n) is 8.00. The van der Waals surface area contributed by atoms with Gasteiger partial charge >= 0.3 is 0 Å². The molecular formula is C18H15Cl2N2O2S3-. The average molecular weight is 458 g/mol. The lowest BCUT2D eigenvalue weighted by Gasteiger charge is -2.26. The molecule has 0 saturated carbocycles. The Kier molecular flexibility index (Phi) is 7.16. The van der Waals surface area contributed by atoms with E-state index >= 15 is 0 Å². The molecule has 142 valence electrons. The summed E-state index contributed by atoms with van der Waals surface area (Å²) in [5.41, 5.74) is 0.534. The van der Waals surface area contributed by atoms with Gasteiger partial charge < -0.3 is 22.3 Å². The highest BCUT2D eigenvalue weighted by atomic mass is 35.5. The van der Waals surface area contributed by atoms with Crippen LogP contribution in [0.1, 0.15) is 0 Å². The standard InChI is InChI=1S/C18H16Cl2N2O2S3/c19-12-6-13(20)8-15(7-12)22(18(23)25)9-17-21-14(10-26-17)11-27(24)16-4-2-1-3-5-16/h1-8,14H,9-11H2,(H,23,25)/p-1. The van der Waals surface area contributed by atoms with E-state index in [9.17, 15) is 9.00 Å². The number of amides is 1. The van der Waals surface area contributed by atoms with Crippen LogP contribution in [0, 0.1) is 0 Å². The SMILES string of the molecule is O=C([S-])N(CC1=NC(CS(=O)c2ccccc2)CS1)c1cc(Cl)cc(Cl)c1. The summed E-state index contributed by atoms with van der Waals surface area (Å²) in [6.07, 6.45) is 0. The van der Waals surface area contributed by atoms with Crippen molar-refractivity contribution in [3.8, 4) is 0 Å². The fourth-order valence-electron chi connectivity index (χ4n) is 2.58. The number of anilines is 1. The minimum Gasteiger partial charge on any atom is -0.719 e. The Hall–Kier alpha value is -1.12. The lowest BCUT2D eigenvalue weighted by atomic mass is 10.3. The number of carbonyl (C=O) groups excluding carboxylic acids is 1. The molecule has 9 heteroatoms. The third-order valence-corrected chi connectivity index (χ3v) is 7.05. The van der Waals surface area contributed by atoms with Crippen molar-refractivity contribution in [3.05, 3.63) is 58.6 Å². The van der Waals surface area contributed by atoms with Gasteiger partial charge in [-0.3, -0.25) is 9.20 Å². The van der Waals surface area contributed by atoms with Crippen LogP contribution in [-0.4, -0.2) is 38.6 Å². The monoisotopic (exact) mass is 457 g/mol. The highest BCUT2D eigenvalue weighted by Crippen LogP contribution is 2.28. The molecule has 0 bridgehead atoms. The van der Waals surface area contributed by atoms with Crippen molar-refractivity contribution in [2.24, 2.45) is 4.99 Å². The maximum atomic E-state index is 12.5. The summed E-state index contributed by atoms with van der Waals surface area (Å²) in [7, 11) is -1.11. The molecule has 0 fully saturated rings. The Bertz CT molecular complexity index is 873. The first-order chi connectivity index (χ1) is 12.9. The van der Waals surface area contributed by atoms with Gasteiger partial charge in [0.25, 0.3) is 0 Å². The molecule has 2 aromatic carbocycles. The van der Waals surface area contributed by atoms with Gasteiger partial charge in [-0.15, -0.1) is 11.8 Å². The van der Waals surface area contributed by atoms with Crippen molar-refractivity contribution in [3.63, 3.8) is 0 Å². The molecule has 3 rings (SSSR count). The van der Waals surface area contributed by atoms with Crippen LogP contribution in [0.5, 0.6) is 0 Å². The second-order valence-corrected chi connectivity index (χ2v) is 9.60. The first-order valence-corrected chi connectivity index (χ1v) is 11.5. The van der Waals surface area contributed by atoms with E-state index in [1.54, 1.807) is 30.0 Å². The Morgan fingerprint density at radius 3 is 2.52 bits per heavy atom. The number of halogens is 2. The molecule has 2 unspecified atom stereocenters. The largest absolute Gasteiger partial charge is 0.719 e. The normalized spacial score (nSPS) is 17.4. The molecule has 27 heavy (non-hydrogen) atoms. The predicted molar refractivity (Wildman–Crippen MR) is 118 cm³/mol. The minimum atomic E-state index is -1.11. The lowest BCUT2D eigenvalue weighted by Crippen LogP contribution is -2.32. The summed E-state index contributed by atoms with van der Waals surface area (Å²) in [5, 5.41) is 1.10. The topological polar surface area (TPSA) is 49.7 Å². The summed E-state index contributed by atoms with van der Waals surface area (Å²) in [4.78, 5) is 18.8. The van der Waals surface area contributed by atoms with E-state index in [1.807, 2.05) is 30.3 Å². The molecule has 1 aliphatic heterocycles. The van der Waals surface area contributed by atoms with Crippen molar-refractivity contribution in [2.75, 3.05) is 23.0 Å². The molecule has 2 aromatic rings. The lowest BCUT2D eigenvalue weighted by molar-refractivity contribution is 0.266. The van der Waals surface area contributed by atoms with Crippen LogP contribution in [0.25, 0.3) is 0 Å². The van der Waals surface area contributed by atoms with Gasteiger partial charge in [0, 0.05) is 26.4 Å². The van der Waals surface area contributed by atoms with Crippen molar-refractivity contribution in [2.45, 2.75) is 10.9 Å². The number of rotatable bonds is 6. The predicted octanol–water partition coefficient (Wildman–Crippen LogP) is 4.79. The van der Waals surface area contributed by atoms with Crippen molar-refractivity contribution < 1.29 is 9.00 Å². The molecule has 1 aliphatic rings. The number of thioether (sulfide) groups is 1. The zero-order valence-corrected chi connectivity index (χ0v) is 18.0. The molecule has 2 atom stereocenters. The Morgan fingerprint density at radius 2 is 1.89 bits per heavy atom. The number of aliphatic imine (C=N–C) groups is 1. The molecule has 0 aromatic heterocycles. The maximum absolute atomic E-state index is 12.5. The van der Waals surface area contributed by atoms with E-state index in [-0.39, 0.29) is 12.6 Å². The highest BCUT2D eigenvalue weighted by molar-refractivity contribution is 8.14. The molecular weight excluding hydrogens is 443 g/mol. The van der Waals surface area contributed by atoms with Gasteiger partial charge in [0.05, 0.1) is 34.2 Å². The van der Waals surface area contributed by atoms with Gasteiger partial charge in [-0.1, -0.05) is 41.4 Å². The molecule has 0 aliphatic carbocycles. The van der Waals surface area contributed by atoms with Gasteiger partial charge in [-0.2, -0.15) is 0 Å². The van der Waals surface area contributed by atoms with E-state index in [1.165, 1.54) is 4.90 Å². The molecule has 0 saturated heterocycles. The van der Waals surface area contributed by atoms with Crippen LogP contribution < -0.4 is 4.90 Å². The van der Waals surface area contributed by atoms with Crippen molar-refractivity contribution >= 4 is 74.4 Å². The smallest absolute Gasteiger partial charge is 0.106 e. The fourth-order valence-corrected chi connectivity index (χ4v) is 5.63. The third-order valence-electron chi connectivity index (χ3n) is 3.79. The Labute approximate surface area is 180 Å². The number of benzene rings is 2. The van der Waals surface area contributed by atoms with Crippen LogP contribution >= 0.6 is 35.0 Å². The van der Waals surface area contributed by atoms with E-state index in [0.29, 0.717) is 21.5 Å². The number of nitrogens with zero attached hydrogens (tertiary/aromatic N) is 2. The molecule has 0 radical (unpaired) electrons. The molecule has 0 spiro atoms. The number of hydrogen-bond acceptors (Lipinski definition) is 5. The van der Waals surface area contributed by atoms with Crippen LogP contribution in [-0.2, 0) is 23.4 Å². The first kappa shape index (κ1) is 20.6. The molecule has 1 amide bonds. The van der Waals surface area contributed by atoms with Gasteiger partial charge in [0.1, 0.15) is 5.24 Å². The van der Waals surface area contributed by atoms with E-state index in [2.05, 4.69) is 4.99 Å². The van der Waals surface area contributed by atoms with Crippen LogP contribution in [0.3, 0.4) is 0 Å². The van der Waals surface area contributed by atoms with Crippen LogP contribution in [0.2, 0.25) is 10.0 Å². The molecule has 0 N–H and O–H groups in total. The minimum absolute atomic E-state index is 0.0592. The number of carbonyl (C=O) groups is 1. The Morgan fingerprint density at radius 1 is 1.22 bits per heavy atom. The summed E-state index contributed by atoms with van der Waals surface area (Å²) >= 11 is 18.5. The van der Waals surface area contributed by atoms with Gasteiger partial charge in [0.2, 0.25) is 0 Å². The second-order valence-electron chi connectivity index (χ2n) is 5.79. The summed E-state index contributed by atoms with van der Waals surface area (Å²) in [6, 6.07) is 14.1. The van der Waals surface area contributed by atoms with Crippen LogP contribution in [0.4, 0.5) is 10.5 Å². The summed E-state index contributed by atoms with van der Waals surface area (Å²) in [5.74, 6) is 1.18. The third kappa shape index (κ3) is 5.68. The number of hydrogen-bond donors (Lipinski definition) is 0. The van der Waals surface area contributed by atoms with E-state index < -0.39 is 16.0 Å². The zero-order chi connectivity index (χ0) is 19.4. The average Bonchev–Trinajstić information content (AvgIpc) is 3.06. The van der Waals surface area contributed by atoms with E-state index in [4.69, 9.17) is 35.8 Å². The molecule has 1 heterocycles. The Balaban J connectivity index is 1.69. The quantitative estimate of drug-likeness (QED) is 0.585. The summed E-state index contributed by atoms with van der Waals surface area (Å²) < 4.78 is 12.5. The van der Waals surface area contributed by atoms with E-state index in [0.717, 1.165) is 15.7 Å².